The van der Waals surface area contributed by atoms with Crippen LogP contribution in [0.2, 0.25) is 0 Å². The van der Waals surface area contributed by atoms with Crippen molar-refractivity contribution in [3.05, 3.63) is 137 Å². The zero-order chi connectivity index (χ0) is 37.5. The minimum Gasteiger partial charge on any atom is -0.494 e. The van der Waals surface area contributed by atoms with Crippen LogP contribution < -0.4 is 21.1 Å². The van der Waals surface area contributed by atoms with Crippen LogP contribution >= 0.6 is 0 Å². The van der Waals surface area contributed by atoms with Gasteiger partial charge in [-0.1, -0.05) is 97.1 Å². The molecule has 0 saturated heterocycles. The molecular formula is C41H48N4O7. The van der Waals surface area contributed by atoms with Crippen molar-refractivity contribution in [1.29, 1.82) is 0 Å². The highest BCUT2D eigenvalue weighted by atomic mass is 16.6. The van der Waals surface area contributed by atoms with Gasteiger partial charge in [0.05, 0.1) is 6.61 Å². The van der Waals surface area contributed by atoms with Crippen molar-refractivity contribution < 1.29 is 33.4 Å². The minimum atomic E-state index is -1.13. The second kappa shape index (κ2) is 19.1. The Kier molecular flexibility index (Phi) is 14.3. The molecule has 0 fully saturated rings. The predicted molar refractivity (Wildman–Crippen MR) is 198 cm³/mol. The Hall–Kier alpha value is -5.68. The number of amides is 4. The van der Waals surface area contributed by atoms with Crippen molar-refractivity contribution in [3.63, 3.8) is 0 Å². The van der Waals surface area contributed by atoms with Crippen LogP contribution in [0.3, 0.4) is 0 Å². The lowest BCUT2D eigenvalue weighted by Gasteiger charge is -2.27. The van der Waals surface area contributed by atoms with E-state index in [1.165, 1.54) is 0 Å². The number of imide groups is 1. The van der Waals surface area contributed by atoms with Crippen molar-refractivity contribution >= 4 is 24.0 Å². The van der Waals surface area contributed by atoms with Crippen LogP contribution in [0.25, 0.3) is 0 Å². The summed E-state index contributed by atoms with van der Waals surface area (Å²) in [5.74, 6) is -0.468. The lowest BCUT2D eigenvalue weighted by atomic mass is 10.0. The van der Waals surface area contributed by atoms with E-state index in [1.807, 2.05) is 79.7 Å². The van der Waals surface area contributed by atoms with E-state index in [-0.39, 0.29) is 26.1 Å². The summed E-state index contributed by atoms with van der Waals surface area (Å²) in [5, 5.41) is 5.55. The Morgan fingerprint density at radius 3 is 1.96 bits per heavy atom. The third kappa shape index (κ3) is 12.6. The van der Waals surface area contributed by atoms with Gasteiger partial charge in [-0.2, -0.15) is 0 Å². The highest BCUT2D eigenvalue weighted by Gasteiger charge is 2.31. The molecule has 52 heavy (non-hydrogen) atoms. The molecule has 0 unspecified atom stereocenters. The normalized spacial score (nSPS) is 12.2. The summed E-state index contributed by atoms with van der Waals surface area (Å²) in [6.07, 6.45) is -0.299. The molecule has 0 spiro atoms. The molecule has 0 heterocycles. The number of nitrogens with two attached hydrogens (primary N) is 1. The molecule has 4 rings (SSSR count). The van der Waals surface area contributed by atoms with E-state index in [9.17, 15) is 19.2 Å². The number of nitrogens with one attached hydrogen (secondary N) is 2. The fourth-order valence-corrected chi connectivity index (χ4v) is 5.23. The highest BCUT2D eigenvalue weighted by molar-refractivity contribution is 5.98. The van der Waals surface area contributed by atoms with Crippen molar-refractivity contribution in [1.82, 2.24) is 15.5 Å². The third-order valence-electron chi connectivity index (χ3n) is 7.90. The Balaban J connectivity index is 1.52. The van der Waals surface area contributed by atoms with Crippen LogP contribution in [0.15, 0.2) is 109 Å². The summed E-state index contributed by atoms with van der Waals surface area (Å²) in [6.45, 7) is 7.86. The SMILES string of the molecule is CCOc1ccc(C[C@@H](NC(=O)OCc2ccccc2)C(=O)N(CCc2ccccc2)C(=O)NCc2ccc([C@H](N)C(=O)OC(C)(C)C)cc2)cc1. The first-order valence-electron chi connectivity index (χ1n) is 17.3. The first-order valence-corrected chi connectivity index (χ1v) is 17.3. The monoisotopic (exact) mass is 708 g/mol. The Bertz CT molecular complexity index is 1740. The van der Waals surface area contributed by atoms with E-state index in [0.717, 1.165) is 27.2 Å². The molecule has 11 heteroatoms. The van der Waals surface area contributed by atoms with Crippen LogP contribution in [0.4, 0.5) is 9.59 Å². The summed E-state index contributed by atoms with van der Waals surface area (Å²) in [6, 6.07) is 30.1. The van der Waals surface area contributed by atoms with Crippen LogP contribution in [0.5, 0.6) is 5.75 Å². The largest absolute Gasteiger partial charge is 0.494 e. The summed E-state index contributed by atoms with van der Waals surface area (Å²) >= 11 is 0. The van der Waals surface area contributed by atoms with E-state index in [0.29, 0.717) is 24.3 Å². The standard InChI is InChI=1S/C41H48N4O7/c1-5-50-34-22-18-30(19-23-34)26-35(44-40(49)51-28-32-14-10-7-11-15-32)37(46)45(25-24-29-12-8-6-9-13-29)39(48)43-27-31-16-20-33(21-17-31)36(42)38(47)52-41(2,3)4/h6-23,35-36H,5,24-28,42H2,1-4H3,(H,43,48)(H,44,49)/t35-,36+/m1/s1. The van der Waals surface area contributed by atoms with Gasteiger partial charge in [-0.3, -0.25) is 9.69 Å². The summed E-state index contributed by atoms with van der Waals surface area (Å²) in [5.41, 5.74) is 9.20. The van der Waals surface area contributed by atoms with Gasteiger partial charge in [0.2, 0.25) is 0 Å². The van der Waals surface area contributed by atoms with Gasteiger partial charge in [0.15, 0.2) is 0 Å². The minimum absolute atomic E-state index is 0.0102. The van der Waals surface area contributed by atoms with Crippen LogP contribution in [0.1, 0.15) is 61.6 Å². The second-order valence-corrected chi connectivity index (χ2v) is 13.2. The molecule has 0 aliphatic carbocycles. The summed E-state index contributed by atoms with van der Waals surface area (Å²) in [7, 11) is 0. The molecule has 4 aromatic rings. The van der Waals surface area contributed by atoms with Gasteiger partial charge in [-0.05, 0) is 74.1 Å². The van der Waals surface area contributed by atoms with E-state index in [4.69, 9.17) is 19.9 Å². The number of ether oxygens (including phenoxy) is 3. The molecule has 4 amide bonds. The summed E-state index contributed by atoms with van der Waals surface area (Å²) in [4.78, 5) is 54.7. The highest BCUT2D eigenvalue weighted by Crippen LogP contribution is 2.18. The van der Waals surface area contributed by atoms with Crippen molar-refractivity contribution in [2.45, 2.75) is 71.4 Å². The fraction of sp³-hybridized carbons (Fsp3) is 0.317. The zero-order valence-electron chi connectivity index (χ0n) is 30.2. The van der Waals surface area contributed by atoms with E-state index >= 15 is 0 Å². The van der Waals surface area contributed by atoms with Gasteiger partial charge in [0.1, 0.15) is 30.0 Å². The molecule has 0 radical (unpaired) electrons. The van der Waals surface area contributed by atoms with Gasteiger partial charge in [0, 0.05) is 19.5 Å². The predicted octanol–water partition coefficient (Wildman–Crippen LogP) is 6.25. The van der Waals surface area contributed by atoms with Gasteiger partial charge >= 0.3 is 18.1 Å². The Morgan fingerprint density at radius 1 is 0.769 bits per heavy atom. The number of hydrogen-bond donors (Lipinski definition) is 3. The number of esters is 1. The topological polar surface area (TPSA) is 149 Å². The molecular weight excluding hydrogens is 660 g/mol. The van der Waals surface area contributed by atoms with E-state index in [2.05, 4.69) is 10.6 Å². The third-order valence-corrected chi connectivity index (χ3v) is 7.90. The molecule has 0 bridgehead atoms. The number of carbonyl (C=O) groups excluding carboxylic acids is 4. The average molecular weight is 709 g/mol. The van der Waals surface area contributed by atoms with Gasteiger partial charge in [0.25, 0.3) is 5.91 Å². The summed E-state index contributed by atoms with van der Waals surface area (Å²) < 4.78 is 16.4. The number of benzene rings is 4. The fourth-order valence-electron chi connectivity index (χ4n) is 5.23. The number of nitrogens with zero attached hydrogens (tertiary/aromatic N) is 1. The van der Waals surface area contributed by atoms with Gasteiger partial charge in [-0.25, -0.2) is 14.4 Å². The van der Waals surface area contributed by atoms with Crippen LogP contribution in [-0.2, 0) is 45.1 Å². The average Bonchev–Trinajstić information content (AvgIpc) is 3.13. The number of alkyl carbamates (subject to hydrolysis) is 1. The second-order valence-electron chi connectivity index (χ2n) is 13.2. The lowest BCUT2D eigenvalue weighted by molar-refractivity contribution is -0.156. The van der Waals surface area contributed by atoms with Gasteiger partial charge < -0.3 is 30.6 Å². The molecule has 0 aliphatic heterocycles. The first kappa shape index (κ1) is 39.1. The quantitative estimate of drug-likeness (QED) is 0.123. The van der Waals surface area contributed by atoms with Crippen molar-refractivity contribution in [2.24, 2.45) is 5.73 Å². The maximum absolute atomic E-state index is 14.3. The van der Waals surface area contributed by atoms with E-state index < -0.39 is 41.7 Å². The number of carbonyl (C=O) groups is 4. The number of rotatable bonds is 15. The lowest BCUT2D eigenvalue weighted by Crippen LogP contribution is -2.54. The molecule has 4 N–H and O–H groups in total. The maximum atomic E-state index is 14.3. The Morgan fingerprint density at radius 2 is 1.37 bits per heavy atom. The molecule has 0 aliphatic rings. The van der Waals surface area contributed by atoms with Crippen LogP contribution in [0, 0.1) is 0 Å². The van der Waals surface area contributed by atoms with E-state index in [1.54, 1.807) is 57.2 Å². The van der Waals surface area contributed by atoms with Crippen molar-refractivity contribution in [3.8, 4) is 5.75 Å². The molecule has 0 aromatic heterocycles. The van der Waals surface area contributed by atoms with Gasteiger partial charge in [-0.15, -0.1) is 0 Å². The zero-order valence-corrected chi connectivity index (χ0v) is 30.2. The number of urea groups is 1. The molecule has 2 atom stereocenters. The molecule has 274 valence electrons. The molecule has 0 saturated carbocycles. The first-order chi connectivity index (χ1) is 24.9. The van der Waals surface area contributed by atoms with Crippen LogP contribution in [-0.4, -0.2) is 53.7 Å². The molecule has 11 nitrogen and oxygen atoms in total. The number of hydrogen-bond acceptors (Lipinski definition) is 8. The van der Waals surface area contributed by atoms with Crippen molar-refractivity contribution in [2.75, 3.05) is 13.2 Å². The maximum Gasteiger partial charge on any atom is 0.408 e. The Labute approximate surface area is 305 Å². The molecule has 4 aromatic carbocycles. The smallest absolute Gasteiger partial charge is 0.408 e.